The smallest absolute Gasteiger partial charge is 0.291 e. The fourth-order valence-electron chi connectivity index (χ4n) is 2.87. The Balaban J connectivity index is 1.71. The van der Waals surface area contributed by atoms with E-state index in [0.29, 0.717) is 22.7 Å². The SMILES string of the molecule is COc1ccc(C(C)NC(=O)c2cccc(NC(=O)c3ccco3)c2)c(OC)c1. The molecule has 0 aliphatic rings. The molecule has 1 heterocycles. The molecule has 2 N–H and O–H groups in total. The molecule has 2 aromatic carbocycles. The molecule has 0 fully saturated rings. The van der Waals surface area contributed by atoms with Crippen molar-refractivity contribution in [2.24, 2.45) is 0 Å². The second-order valence-corrected chi connectivity index (χ2v) is 6.32. The molecule has 0 aliphatic heterocycles. The lowest BCUT2D eigenvalue weighted by Gasteiger charge is -2.18. The standard InChI is InChI=1S/C22H22N2O5/c1-14(18-10-9-17(27-2)13-20(18)28-3)23-21(25)15-6-4-7-16(12-15)24-22(26)19-8-5-11-29-19/h4-14H,1-3H3,(H,23,25)(H,24,26). The molecule has 0 bridgehead atoms. The summed E-state index contributed by atoms with van der Waals surface area (Å²) in [6, 6.07) is 15.0. The molecule has 2 amide bonds. The van der Waals surface area contributed by atoms with Crippen LogP contribution < -0.4 is 20.1 Å². The molecular weight excluding hydrogens is 372 g/mol. The molecule has 7 nitrogen and oxygen atoms in total. The van der Waals surface area contributed by atoms with E-state index >= 15 is 0 Å². The Morgan fingerprint density at radius 3 is 2.48 bits per heavy atom. The van der Waals surface area contributed by atoms with Crippen molar-refractivity contribution in [2.45, 2.75) is 13.0 Å². The number of benzene rings is 2. The molecule has 0 aliphatic carbocycles. The number of rotatable bonds is 7. The number of nitrogens with one attached hydrogen (secondary N) is 2. The summed E-state index contributed by atoms with van der Waals surface area (Å²) < 4.78 is 15.7. The van der Waals surface area contributed by atoms with E-state index < -0.39 is 0 Å². The summed E-state index contributed by atoms with van der Waals surface area (Å²) >= 11 is 0. The normalized spacial score (nSPS) is 11.4. The van der Waals surface area contributed by atoms with E-state index in [-0.39, 0.29) is 23.6 Å². The lowest BCUT2D eigenvalue weighted by Crippen LogP contribution is -2.27. The molecule has 29 heavy (non-hydrogen) atoms. The highest BCUT2D eigenvalue weighted by atomic mass is 16.5. The molecule has 0 radical (unpaired) electrons. The van der Waals surface area contributed by atoms with E-state index in [1.54, 1.807) is 56.7 Å². The average Bonchev–Trinajstić information content (AvgIpc) is 3.28. The molecule has 0 spiro atoms. The third-order valence-electron chi connectivity index (χ3n) is 4.38. The topological polar surface area (TPSA) is 89.8 Å². The zero-order chi connectivity index (χ0) is 20.8. The van der Waals surface area contributed by atoms with Crippen LogP contribution in [0.5, 0.6) is 11.5 Å². The van der Waals surface area contributed by atoms with Gasteiger partial charge in [0.05, 0.1) is 26.5 Å². The Bertz CT molecular complexity index is 998. The first-order valence-corrected chi connectivity index (χ1v) is 8.99. The summed E-state index contributed by atoms with van der Waals surface area (Å²) in [5.74, 6) is 0.828. The van der Waals surface area contributed by atoms with Gasteiger partial charge in [0.15, 0.2) is 5.76 Å². The van der Waals surface area contributed by atoms with Crippen molar-refractivity contribution in [3.8, 4) is 11.5 Å². The highest BCUT2D eigenvalue weighted by Gasteiger charge is 2.17. The van der Waals surface area contributed by atoms with Crippen LogP contribution in [0, 0.1) is 0 Å². The third-order valence-corrected chi connectivity index (χ3v) is 4.38. The van der Waals surface area contributed by atoms with Crippen LogP contribution in [0.15, 0.2) is 65.3 Å². The van der Waals surface area contributed by atoms with Crippen LogP contribution in [0.4, 0.5) is 5.69 Å². The lowest BCUT2D eigenvalue weighted by molar-refractivity contribution is 0.0938. The summed E-state index contributed by atoms with van der Waals surface area (Å²) in [5.41, 5.74) is 1.74. The van der Waals surface area contributed by atoms with E-state index in [4.69, 9.17) is 13.9 Å². The number of carbonyl (C=O) groups excluding carboxylic acids is 2. The minimum atomic E-state index is -0.385. The van der Waals surface area contributed by atoms with E-state index in [9.17, 15) is 9.59 Å². The van der Waals surface area contributed by atoms with Gasteiger partial charge >= 0.3 is 0 Å². The van der Waals surface area contributed by atoms with Gasteiger partial charge < -0.3 is 24.5 Å². The number of hydrogen-bond acceptors (Lipinski definition) is 5. The number of hydrogen-bond donors (Lipinski definition) is 2. The quantitative estimate of drug-likeness (QED) is 0.631. The van der Waals surface area contributed by atoms with Gasteiger partial charge in [-0.05, 0) is 49.4 Å². The monoisotopic (exact) mass is 394 g/mol. The molecule has 1 aromatic heterocycles. The Morgan fingerprint density at radius 2 is 1.79 bits per heavy atom. The summed E-state index contributed by atoms with van der Waals surface area (Å²) in [4.78, 5) is 24.8. The molecule has 150 valence electrons. The van der Waals surface area contributed by atoms with Crippen molar-refractivity contribution >= 4 is 17.5 Å². The number of furan rings is 1. The Morgan fingerprint density at radius 1 is 0.966 bits per heavy atom. The Kier molecular flexibility index (Phi) is 6.19. The maximum Gasteiger partial charge on any atom is 0.291 e. The molecule has 3 aromatic rings. The fourth-order valence-corrected chi connectivity index (χ4v) is 2.87. The largest absolute Gasteiger partial charge is 0.497 e. The number of methoxy groups -OCH3 is 2. The van der Waals surface area contributed by atoms with Crippen molar-refractivity contribution in [3.05, 3.63) is 77.7 Å². The molecule has 1 unspecified atom stereocenters. The van der Waals surface area contributed by atoms with E-state index in [2.05, 4.69) is 10.6 Å². The van der Waals surface area contributed by atoms with Gasteiger partial charge in [-0.15, -0.1) is 0 Å². The zero-order valence-corrected chi connectivity index (χ0v) is 16.4. The average molecular weight is 394 g/mol. The van der Waals surface area contributed by atoms with Gasteiger partial charge in [-0.25, -0.2) is 0 Å². The summed E-state index contributed by atoms with van der Waals surface area (Å²) in [5, 5.41) is 5.65. The summed E-state index contributed by atoms with van der Waals surface area (Å²) in [6.45, 7) is 1.87. The first kappa shape index (κ1) is 20.0. The number of ether oxygens (including phenoxy) is 2. The van der Waals surface area contributed by atoms with Gasteiger partial charge in [-0.2, -0.15) is 0 Å². The van der Waals surface area contributed by atoms with Crippen molar-refractivity contribution < 1.29 is 23.5 Å². The van der Waals surface area contributed by atoms with E-state index in [1.807, 2.05) is 19.1 Å². The van der Waals surface area contributed by atoms with Gasteiger partial charge in [0.2, 0.25) is 0 Å². The van der Waals surface area contributed by atoms with Crippen molar-refractivity contribution in [3.63, 3.8) is 0 Å². The first-order valence-electron chi connectivity index (χ1n) is 8.99. The first-order chi connectivity index (χ1) is 14.0. The van der Waals surface area contributed by atoms with E-state index in [0.717, 1.165) is 5.56 Å². The Labute approximate surface area is 168 Å². The van der Waals surface area contributed by atoms with Crippen LogP contribution >= 0.6 is 0 Å². The van der Waals surface area contributed by atoms with Gasteiger partial charge in [0.25, 0.3) is 11.8 Å². The van der Waals surface area contributed by atoms with Crippen LogP contribution in [0.1, 0.15) is 39.4 Å². The zero-order valence-electron chi connectivity index (χ0n) is 16.4. The van der Waals surface area contributed by atoms with Gasteiger partial charge in [-0.3, -0.25) is 9.59 Å². The summed E-state index contributed by atoms with van der Waals surface area (Å²) in [7, 11) is 3.15. The predicted molar refractivity (Wildman–Crippen MR) is 109 cm³/mol. The molecule has 7 heteroatoms. The highest BCUT2D eigenvalue weighted by Crippen LogP contribution is 2.29. The van der Waals surface area contributed by atoms with Crippen molar-refractivity contribution in [1.29, 1.82) is 0 Å². The maximum absolute atomic E-state index is 12.7. The lowest BCUT2D eigenvalue weighted by atomic mass is 10.1. The molecule has 1 atom stereocenters. The second kappa shape index (κ2) is 8.97. The van der Waals surface area contributed by atoms with Crippen LogP contribution in [0.3, 0.4) is 0 Å². The van der Waals surface area contributed by atoms with Gasteiger partial charge in [0.1, 0.15) is 11.5 Å². The summed E-state index contributed by atoms with van der Waals surface area (Å²) in [6.07, 6.45) is 1.42. The van der Waals surface area contributed by atoms with Crippen LogP contribution in [-0.4, -0.2) is 26.0 Å². The molecular formula is C22H22N2O5. The predicted octanol–water partition coefficient (Wildman–Crippen LogP) is 4.04. The van der Waals surface area contributed by atoms with Gasteiger partial charge in [0, 0.05) is 22.9 Å². The fraction of sp³-hybridized carbons (Fsp3) is 0.182. The molecule has 0 saturated carbocycles. The number of anilines is 1. The maximum atomic E-state index is 12.7. The second-order valence-electron chi connectivity index (χ2n) is 6.32. The number of carbonyl (C=O) groups is 2. The molecule has 3 rings (SSSR count). The van der Waals surface area contributed by atoms with Crippen LogP contribution in [0.2, 0.25) is 0 Å². The minimum Gasteiger partial charge on any atom is -0.497 e. The third kappa shape index (κ3) is 4.76. The van der Waals surface area contributed by atoms with Gasteiger partial charge in [-0.1, -0.05) is 6.07 Å². The van der Waals surface area contributed by atoms with Crippen molar-refractivity contribution in [2.75, 3.05) is 19.5 Å². The van der Waals surface area contributed by atoms with Crippen LogP contribution in [-0.2, 0) is 0 Å². The highest BCUT2D eigenvalue weighted by molar-refractivity contribution is 6.03. The minimum absolute atomic E-state index is 0.195. The van der Waals surface area contributed by atoms with Crippen molar-refractivity contribution in [1.82, 2.24) is 5.32 Å². The number of amides is 2. The molecule has 0 saturated heterocycles. The van der Waals surface area contributed by atoms with E-state index in [1.165, 1.54) is 6.26 Å². The van der Waals surface area contributed by atoms with Crippen LogP contribution in [0.25, 0.3) is 0 Å². The Hall–Kier alpha value is -3.74.